The quantitative estimate of drug-likeness (QED) is 0.721. The standard InChI is InChI=1S/C12H24N2O4S/c1-18-9-10-4-3-6-14(8-10)12(15)11(13)5-7-19(2,16)17/h10-11H,3-9,13H2,1-2H3. The van der Waals surface area contributed by atoms with Gasteiger partial charge in [0.2, 0.25) is 5.91 Å². The second kappa shape index (κ2) is 7.21. The molecular formula is C12H24N2O4S. The minimum atomic E-state index is -3.07. The summed E-state index contributed by atoms with van der Waals surface area (Å²) in [5.74, 6) is 0.157. The molecule has 0 aromatic heterocycles. The number of methoxy groups -OCH3 is 1. The van der Waals surface area contributed by atoms with Crippen molar-refractivity contribution in [3.63, 3.8) is 0 Å². The third kappa shape index (κ3) is 5.88. The van der Waals surface area contributed by atoms with E-state index in [-0.39, 0.29) is 18.1 Å². The van der Waals surface area contributed by atoms with Crippen molar-refractivity contribution in [2.45, 2.75) is 25.3 Å². The van der Waals surface area contributed by atoms with Crippen LogP contribution in [0.15, 0.2) is 0 Å². The Labute approximate surface area is 115 Å². The summed E-state index contributed by atoms with van der Waals surface area (Å²) in [5, 5.41) is 0. The van der Waals surface area contributed by atoms with E-state index in [1.165, 1.54) is 0 Å². The van der Waals surface area contributed by atoms with Crippen LogP contribution in [-0.4, -0.2) is 64.1 Å². The van der Waals surface area contributed by atoms with Crippen LogP contribution in [-0.2, 0) is 19.4 Å². The maximum absolute atomic E-state index is 12.1. The van der Waals surface area contributed by atoms with Crippen molar-refractivity contribution in [1.29, 1.82) is 0 Å². The zero-order chi connectivity index (χ0) is 14.5. The summed E-state index contributed by atoms with van der Waals surface area (Å²) in [4.78, 5) is 13.9. The summed E-state index contributed by atoms with van der Waals surface area (Å²) >= 11 is 0. The lowest BCUT2D eigenvalue weighted by molar-refractivity contribution is -0.134. The van der Waals surface area contributed by atoms with Crippen molar-refractivity contribution in [2.75, 3.05) is 38.8 Å². The number of piperidine rings is 1. The second-order valence-corrected chi connectivity index (χ2v) is 7.53. The first kappa shape index (κ1) is 16.4. The molecule has 112 valence electrons. The van der Waals surface area contributed by atoms with Crippen LogP contribution in [0.3, 0.4) is 0 Å². The van der Waals surface area contributed by atoms with Gasteiger partial charge in [0.05, 0.1) is 18.4 Å². The zero-order valence-electron chi connectivity index (χ0n) is 11.7. The molecule has 1 aliphatic heterocycles. The Kier molecular flexibility index (Phi) is 6.22. The first-order valence-electron chi connectivity index (χ1n) is 6.54. The molecule has 0 spiro atoms. The van der Waals surface area contributed by atoms with E-state index in [1.807, 2.05) is 0 Å². The number of ether oxygens (including phenoxy) is 1. The normalized spacial score (nSPS) is 22.3. The Morgan fingerprint density at radius 3 is 2.79 bits per heavy atom. The average Bonchev–Trinajstić information content (AvgIpc) is 2.35. The maximum Gasteiger partial charge on any atom is 0.239 e. The van der Waals surface area contributed by atoms with E-state index < -0.39 is 15.9 Å². The summed E-state index contributed by atoms with van der Waals surface area (Å²) in [6, 6.07) is -0.726. The van der Waals surface area contributed by atoms with Crippen molar-refractivity contribution >= 4 is 15.7 Å². The molecule has 1 heterocycles. The smallest absolute Gasteiger partial charge is 0.239 e. The highest BCUT2D eigenvalue weighted by Crippen LogP contribution is 2.17. The van der Waals surface area contributed by atoms with E-state index in [2.05, 4.69) is 0 Å². The number of carbonyl (C=O) groups is 1. The third-order valence-corrected chi connectivity index (χ3v) is 4.33. The Hall–Kier alpha value is -0.660. The van der Waals surface area contributed by atoms with E-state index in [0.717, 1.165) is 19.1 Å². The fourth-order valence-electron chi connectivity index (χ4n) is 2.34. The Morgan fingerprint density at radius 1 is 1.53 bits per heavy atom. The number of hydrogen-bond donors (Lipinski definition) is 1. The highest BCUT2D eigenvalue weighted by Gasteiger charge is 2.27. The van der Waals surface area contributed by atoms with E-state index in [4.69, 9.17) is 10.5 Å². The fraction of sp³-hybridized carbons (Fsp3) is 0.917. The molecule has 0 aromatic rings. The van der Waals surface area contributed by atoms with Crippen molar-refractivity contribution in [1.82, 2.24) is 4.90 Å². The van der Waals surface area contributed by atoms with Gasteiger partial charge in [-0.1, -0.05) is 0 Å². The van der Waals surface area contributed by atoms with Crippen LogP contribution in [0.4, 0.5) is 0 Å². The summed E-state index contributed by atoms with van der Waals surface area (Å²) in [6.07, 6.45) is 3.33. The Balaban J connectivity index is 2.47. The summed E-state index contributed by atoms with van der Waals surface area (Å²) in [6.45, 7) is 1.99. The van der Waals surface area contributed by atoms with Crippen LogP contribution in [0, 0.1) is 5.92 Å². The van der Waals surface area contributed by atoms with Gasteiger partial charge in [0, 0.05) is 26.5 Å². The zero-order valence-corrected chi connectivity index (χ0v) is 12.5. The number of carbonyl (C=O) groups excluding carboxylic acids is 1. The lowest BCUT2D eigenvalue weighted by Gasteiger charge is -2.34. The van der Waals surface area contributed by atoms with Gasteiger partial charge in [-0.05, 0) is 25.2 Å². The molecule has 1 aliphatic rings. The van der Waals surface area contributed by atoms with E-state index in [1.54, 1.807) is 12.0 Å². The third-order valence-electron chi connectivity index (χ3n) is 3.35. The van der Waals surface area contributed by atoms with Crippen LogP contribution in [0.2, 0.25) is 0 Å². The molecule has 19 heavy (non-hydrogen) atoms. The molecule has 2 atom stereocenters. The van der Waals surface area contributed by atoms with Crippen LogP contribution in [0.5, 0.6) is 0 Å². The molecular weight excluding hydrogens is 268 g/mol. The molecule has 1 rings (SSSR count). The van der Waals surface area contributed by atoms with Gasteiger partial charge in [0.1, 0.15) is 9.84 Å². The molecule has 0 radical (unpaired) electrons. The summed E-state index contributed by atoms with van der Waals surface area (Å²) < 4.78 is 27.3. The maximum atomic E-state index is 12.1. The Bertz CT molecular complexity index is 395. The molecule has 1 amide bonds. The monoisotopic (exact) mass is 292 g/mol. The molecule has 2 N–H and O–H groups in total. The minimum Gasteiger partial charge on any atom is -0.384 e. The predicted octanol–water partition coefficient (Wildman–Crippen LogP) is -0.367. The van der Waals surface area contributed by atoms with Crippen LogP contribution >= 0.6 is 0 Å². The number of hydrogen-bond acceptors (Lipinski definition) is 5. The Morgan fingerprint density at radius 2 is 2.21 bits per heavy atom. The molecule has 0 saturated carbocycles. The number of sulfone groups is 1. The SMILES string of the molecule is COCC1CCCN(C(=O)C(N)CCS(C)(=O)=O)C1. The van der Waals surface area contributed by atoms with Gasteiger partial charge in [-0.2, -0.15) is 0 Å². The molecule has 1 fully saturated rings. The molecule has 2 unspecified atom stereocenters. The van der Waals surface area contributed by atoms with Gasteiger partial charge >= 0.3 is 0 Å². The van der Waals surface area contributed by atoms with Crippen molar-refractivity contribution in [3.05, 3.63) is 0 Å². The second-order valence-electron chi connectivity index (χ2n) is 5.27. The summed E-state index contributed by atoms with van der Waals surface area (Å²) in [7, 11) is -1.42. The summed E-state index contributed by atoms with van der Waals surface area (Å²) in [5.41, 5.74) is 5.79. The van der Waals surface area contributed by atoms with Gasteiger partial charge in [-0.15, -0.1) is 0 Å². The van der Waals surface area contributed by atoms with Crippen LogP contribution < -0.4 is 5.73 Å². The molecule has 1 saturated heterocycles. The molecule has 7 heteroatoms. The highest BCUT2D eigenvalue weighted by atomic mass is 32.2. The number of amides is 1. The van der Waals surface area contributed by atoms with Crippen LogP contribution in [0.1, 0.15) is 19.3 Å². The van der Waals surface area contributed by atoms with Crippen molar-refractivity contribution in [2.24, 2.45) is 11.7 Å². The fourth-order valence-corrected chi connectivity index (χ4v) is 3.02. The van der Waals surface area contributed by atoms with Crippen LogP contribution in [0.25, 0.3) is 0 Å². The molecule has 0 aromatic carbocycles. The largest absolute Gasteiger partial charge is 0.384 e. The number of nitrogens with zero attached hydrogens (tertiary/aromatic N) is 1. The van der Waals surface area contributed by atoms with Crippen molar-refractivity contribution in [3.8, 4) is 0 Å². The van der Waals surface area contributed by atoms with Gasteiger partial charge in [0.25, 0.3) is 0 Å². The van der Waals surface area contributed by atoms with E-state index in [9.17, 15) is 13.2 Å². The predicted molar refractivity (Wildman–Crippen MR) is 73.5 cm³/mol. The van der Waals surface area contributed by atoms with E-state index in [0.29, 0.717) is 25.6 Å². The molecule has 0 aliphatic carbocycles. The number of rotatable bonds is 6. The topological polar surface area (TPSA) is 89.7 Å². The van der Waals surface area contributed by atoms with Crippen molar-refractivity contribution < 1.29 is 17.9 Å². The lowest BCUT2D eigenvalue weighted by Crippen LogP contribution is -2.49. The van der Waals surface area contributed by atoms with Gasteiger partial charge in [-0.25, -0.2) is 8.42 Å². The minimum absolute atomic E-state index is 0.0464. The molecule has 6 nitrogen and oxygen atoms in total. The first-order valence-corrected chi connectivity index (χ1v) is 8.60. The highest BCUT2D eigenvalue weighted by molar-refractivity contribution is 7.90. The van der Waals surface area contributed by atoms with Gasteiger partial charge in [0.15, 0.2) is 0 Å². The van der Waals surface area contributed by atoms with E-state index >= 15 is 0 Å². The first-order chi connectivity index (χ1) is 8.83. The number of likely N-dealkylation sites (tertiary alicyclic amines) is 1. The van der Waals surface area contributed by atoms with Gasteiger partial charge in [-0.3, -0.25) is 4.79 Å². The van der Waals surface area contributed by atoms with Gasteiger partial charge < -0.3 is 15.4 Å². The molecule has 0 bridgehead atoms. The average molecular weight is 292 g/mol. The lowest BCUT2D eigenvalue weighted by atomic mass is 9.98. The number of nitrogens with two attached hydrogens (primary N) is 1.